The number of nitrogens with zero attached hydrogens (tertiary/aromatic N) is 2. The van der Waals surface area contributed by atoms with E-state index in [0.717, 1.165) is 10.0 Å². The largest absolute Gasteiger partial charge is 0.391 e. The molecule has 3 aromatic heterocycles. The molecule has 0 bridgehead atoms. The summed E-state index contributed by atoms with van der Waals surface area (Å²) in [6, 6.07) is 19.9. The highest BCUT2D eigenvalue weighted by Crippen LogP contribution is 2.25. The zero-order valence-corrected chi connectivity index (χ0v) is 29.6. The molecule has 3 aromatic carbocycles. The second kappa shape index (κ2) is 15.3. The van der Waals surface area contributed by atoms with E-state index in [1.807, 2.05) is 0 Å². The lowest BCUT2D eigenvalue weighted by Gasteiger charge is -2.23. The fourth-order valence-corrected chi connectivity index (χ4v) is 5.92. The Labute approximate surface area is 312 Å². The maximum Gasteiger partial charge on any atom is 0.288 e. The monoisotopic (exact) mass is 749 g/mol. The number of hydrogen-bond acceptors (Lipinski definition) is 8. The number of carbonyl (C=O) groups is 4. The number of anilines is 2. The summed E-state index contributed by atoms with van der Waals surface area (Å²) in [5, 5.41) is 44.1. The number of rotatable bonds is 10. The molecule has 2 atom stereocenters. The van der Waals surface area contributed by atoms with E-state index in [2.05, 4.69) is 36.4 Å². The summed E-state index contributed by atoms with van der Waals surface area (Å²) in [6.07, 6.45) is -1.76. The number of benzene rings is 3. The van der Waals surface area contributed by atoms with Crippen molar-refractivity contribution in [3.8, 4) is 0 Å². The molecular formula is C36H39N13O6. The number of aromatic nitrogens is 3. The first-order chi connectivity index (χ1) is 26.1. The average molecular weight is 750 g/mol. The van der Waals surface area contributed by atoms with Gasteiger partial charge in [0.05, 0.1) is 25.3 Å². The minimum Gasteiger partial charge on any atom is -0.391 e. The molecule has 284 valence electrons. The second-order valence-corrected chi connectivity index (χ2v) is 12.9. The van der Waals surface area contributed by atoms with Crippen LogP contribution in [0.25, 0.3) is 32.7 Å². The molecule has 0 aliphatic rings. The SMILES string of the molecule is CC(O)CN(NC(=N)N)C(=O)c1cc2cc(NC(=O)c3ccc4[nH]c(C(=O)Nc5ccc6[nH]c(C(=O)N(CC(C)O)NC(=N)N)cc6c5)cc4c3)ccc2[nH]1. The second-order valence-electron chi connectivity index (χ2n) is 12.9. The van der Waals surface area contributed by atoms with E-state index in [9.17, 15) is 29.4 Å². The Morgan fingerprint density at radius 2 is 1.02 bits per heavy atom. The molecule has 15 N–H and O–H groups in total. The van der Waals surface area contributed by atoms with E-state index in [1.165, 1.54) is 13.8 Å². The van der Waals surface area contributed by atoms with Gasteiger partial charge >= 0.3 is 0 Å². The topological polar surface area (TPSA) is 310 Å². The van der Waals surface area contributed by atoms with Crippen molar-refractivity contribution in [2.45, 2.75) is 26.1 Å². The number of hydrogen-bond donors (Lipinski definition) is 13. The summed E-state index contributed by atoms with van der Waals surface area (Å²) >= 11 is 0. The van der Waals surface area contributed by atoms with E-state index >= 15 is 0 Å². The number of fused-ring (bicyclic) bond motifs is 3. The number of amides is 4. The Bertz CT molecular complexity index is 2350. The molecule has 0 fully saturated rings. The summed E-state index contributed by atoms with van der Waals surface area (Å²) in [5.41, 5.74) is 19.3. The Kier molecular flexibility index (Phi) is 10.4. The van der Waals surface area contributed by atoms with Gasteiger partial charge in [-0.2, -0.15) is 0 Å². The van der Waals surface area contributed by atoms with Gasteiger partial charge in [-0.05, 0) is 86.6 Å². The third-order valence-electron chi connectivity index (χ3n) is 8.24. The molecule has 6 aromatic rings. The molecular weight excluding hydrogens is 710 g/mol. The van der Waals surface area contributed by atoms with Gasteiger partial charge < -0.3 is 47.3 Å². The summed E-state index contributed by atoms with van der Waals surface area (Å²) in [6.45, 7) is 2.77. The number of aliphatic hydroxyl groups excluding tert-OH is 2. The minimum absolute atomic E-state index is 0.113. The van der Waals surface area contributed by atoms with Crippen LogP contribution >= 0.6 is 0 Å². The highest BCUT2D eigenvalue weighted by Gasteiger charge is 2.22. The van der Waals surface area contributed by atoms with Gasteiger partial charge in [-0.1, -0.05) is 0 Å². The predicted molar refractivity (Wildman–Crippen MR) is 206 cm³/mol. The van der Waals surface area contributed by atoms with Gasteiger partial charge in [0.2, 0.25) is 11.9 Å². The summed E-state index contributed by atoms with van der Waals surface area (Å²) in [5.74, 6) is -2.86. The highest BCUT2D eigenvalue weighted by molar-refractivity contribution is 6.10. The van der Waals surface area contributed by atoms with Gasteiger partial charge in [-0.3, -0.25) is 40.8 Å². The maximum absolute atomic E-state index is 13.3. The van der Waals surface area contributed by atoms with Crippen molar-refractivity contribution < 1.29 is 29.4 Å². The Hall–Kier alpha value is -7.38. The quantitative estimate of drug-likeness (QED) is 0.0549. The molecule has 0 radical (unpaired) electrons. The Balaban J connectivity index is 1.13. The molecule has 3 heterocycles. The molecule has 0 aliphatic heterocycles. The fraction of sp³-hybridized carbons (Fsp3) is 0.167. The normalized spacial score (nSPS) is 12.2. The van der Waals surface area contributed by atoms with Gasteiger partial charge in [0.15, 0.2) is 0 Å². The molecule has 0 saturated carbocycles. The van der Waals surface area contributed by atoms with Crippen molar-refractivity contribution in [1.29, 1.82) is 10.8 Å². The first kappa shape index (κ1) is 37.4. The molecule has 0 spiro atoms. The van der Waals surface area contributed by atoms with Crippen LogP contribution < -0.4 is 33.0 Å². The van der Waals surface area contributed by atoms with Gasteiger partial charge in [0.25, 0.3) is 23.6 Å². The van der Waals surface area contributed by atoms with E-state index in [0.29, 0.717) is 49.6 Å². The Morgan fingerprint density at radius 3 is 1.47 bits per heavy atom. The zero-order valence-electron chi connectivity index (χ0n) is 29.6. The smallest absolute Gasteiger partial charge is 0.288 e. The molecule has 6 rings (SSSR count). The van der Waals surface area contributed by atoms with Crippen LogP contribution in [0.3, 0.4) is 0 Å². The van der Waals surface area contributed by atoms with Gasteiger partial charge in [-0.15, -0.1) is 0 Å². The molecule has 0 saturated heterocycles. The van der Waals surface area contributed by atoms with E-state index in [1.54, 1.807) is 72.8 Å². The number of carbonyl (C=O) groups excluding carboxylic acids is 4. The van der Waals surface area contributed by atoms with Crippen molar-refractivity contribution in [2.75, 3.05) is 23.7 Å². The van der Waals surface area contributed by atoms with E-state index in [4.69, 9.17) is 22.3 Å². The predicted octanol–water partition coefficient (Wildman–Crippen LogP) is 2.08. The molecule has 2 unspecified atom stereocenters. The number of nitrogens with two attached hydrogens (primary N) is 2. The third-order valence-corrected chi connectivity index (χ3v) is 8.24. The van der Waals surface area contributed by atoms with Crippen LogP contribution in [0, 0.1) is 10.8 Å². The molecule has 4 amide bonds. The first-order valence-electron chi connectivity index (χ1n) is 16.9. The fourth-order valence-electron chi connectivity index (χ4n) is 5.92. The van der Waals surface area contributed by atoms with Crippen molar-refractivity contribution in [3.05, 3.63) is 95.4 Å². The Morgan fingerprint density at radius 1 is 0.618 bits per heavy atom. The average Bonchev–Trinajstić information content (AvgIpc) is 3.85. The van der Waals surface area contributed by atoms with Crippen LogP contribution in [0.2, 0.25) is 0 Å². The van der Waals surface area contributed by atoms with Gasteiger partial charge in [0.1, 0.15) is 17.1 Å². The van der Waals surface area contributed by atoms with Crippen LogP contribution in [0.15, 0.2) is 72.8 Å². The molecule has 55 heavy (non-hydrogen) atoms. The number of hydrazine groups is 2. The van der Waals surface area contributed by atoms with Crippen LogP contribution in [-0.2, 0) is 0 Å². The first-order valence-corrected chi connectivity index (χ1v) is 16.9. The lowest BCUT2D eigenvalue weighted by Crippen LogP contribution is -2.51. The van der Waals surface area contributed by atoms with Crippen LogP contribution in [0.5, 0.6) is 0 Å². The lowest BCUT2D eigenvalue weighted by molar-refractivity contribution is 0.0575. The van der Waals surface area contributed by atoms with Crippen LogP contribution in [-0.4, -0.2) is 96.0 Å². The molecule has 19 nitrogen and oxygen atoms in total. The summed E-state index contributed by atoms with van der Waals surface area (Å²) in [4.78, 5) is 61.7. The number of guanidine groups is 2. The third kappa shape index (κ3) is 8.64. The van der Waals surface area contributed by atoms with Crippen molar-refractivity contribution >= 4 is 79.6 Å². The molecule has 19 heteroatoms. The summed E-state index contributed by atoms with van der Waals surface area (Å²) < 4.78 is 0. The lowest BCUT2D eigenvalue weighted by atomic mass is 10.1. The van der Waals surface area contributed by atoms with Gasteiger partial charge in [0, 0.05) is 49.6 Å². The maximum atomic E-state index is 13.3. The van der Waals surface area contributed by atoms with Crippen LogP contribution in [0.1, 0.15) is 55.7 Å². The standard InChI is InChI=1S/C36H39N13O6/c1-17(50)15-48(46-35(37)38)33(54)29-13-21-10-23(4-7-26(21)44-29)41-31(52)19-3-6-25-20(9-19)12-28(43-25)32(53)42-24-5-8-27-22(11-24)14-30(45-27)34(55)49(16-18(2)51)47-36(39)40/h3-14,17-18,43-45,50-51H,15-16H2,1-2H3,(H,41,52)(H,42,53)(H4,37,38,46)(H4,39,40,47). The van der Waals surface area contributed by atoms with Crippen molar-refractivity contribution in [3.63, 3.8) is 0 Å². The van der Waals surface area contributed by atoms with Crippen molar-refractivity contribution in [1.82, 2.24) is 35.8 Å². The van der Waals surface area contributed by atoms with Crippen LogP contribution in [0.4, 0.5) is 11.4 Å². The van der Waals surface area contributed by atoms with Crippen molar-refractivity contribution in [2.24, 2.45) is 11.5 Å². The number of H-pyrrole nitrogens is 3. The number of nitrogens with one attached hydrogen (secondary N) is 9. The minimum atomic E-state index is -0.878. The van der Waals surface area contributed by atoms with E-state index in [-0.39, 0.29) is 30.2 Å². The van der Waals surface area contributed by atoms with Gasteiger partial charge in [-0.25, -0.2) is 10.0 Å². The zero-order chi connectivity index (χ0) is 39.6. The number of aromatic amines is 3. The summed E-state index contributed by atoms with van der Waals surface area (Å²) in [7, 11) is 0. The molecule has 0 aliphatic carbocycles. The highest BCUT2D eigenvalue weighted by atomic mass is 16.3. The number of aliphatic hydroxyl groups is 2. The van der Waals surface area contributed by atoms with E-state index < -0.39 is 47.8 Å².